The molecule has 212 valence electrons. The normalized spacial score (nSPS) is 16.6. The van der Waals surface area contributed by atoms with Gasteiger partial charge in [0.2, 0.25) is 5.91 Å². The number of anilines is 1. The number of nitrogens with zero attached hydrogens (tertiary/aromatic N) is 3. The average Bonchev–Trinajstić information content (AvgIpc) is 3.47. The molecule has 1 aliphatic rings. The monoisotopic (exact) mass is 613 g/mol. The summed E-state index contributed by atoms with van der Waals surface area (Å²) in [4.78, 5) is 20.0. The van der Waals surface area contributed by atoms with Gasteiger partial charge < -0.3 is 20.1 Å². The Morgan fingerprint density at radius 1 is 1.00 bits per heavy atom. The molecule has 3 aromatic carbocycles. The van der Waals surface area contributed by atoms with Gasteiger partial charge in [0.1, 0.15) is 0 Å². The van der Waals surface area contributed by atoms with Crippen molar-refractivity contribution in [3.8, 4) is 5.69 Å². The van der Waals surface area contributed by atoms with Crippen LogP contribution < -0.4 is 10.6 Å². The highest BCUT2D eigenvalue weighted by Crippen LogP contribution is 2.42. The summed E-state index contributed by atoms with van der Waals surface area (Å²) < 4.78 is 2.14. The van der Waals surface area contributed by atoms with Crippen molar-refractivity contribution < 1.29 is 4.79 Å². The largest absolute Gasteiger partial charge is 0.352 e. The molecular weight excluding hydrogens is 585 g/mol. The van der Waals surface area contributed by atoms with Crippen LogP contribution >= 0.6 is 35.4 Å². The molecule has 9 heteroatoms. The zero-order valence-electron chi connectivity index (χ0n) is 23.1. The van der Waals surface area contributed by atoms with Crippen molar-refractivity contribution in [2.75, 3.05) is 11.9 Å². The van der Waals surface area contributed by atoms with Crippen LogP contribution in [0.2, 0.25) is 10.0 Å². The molecule has 0 spiro atoms. The molecule has 1 saturated heterocycles. The second-order valence-corrected chi connectivity index (χ2v) is 11.6. The van der Waals surface area contributed by atoms with E-state index >= 15 is 0 Å². The highest BCUT2D eigenvalue weighted by Gasteiger charge is 2.41. The lowest BCUT2D eigenvalue weighted by Crippen LogP contribution is -2.33. The van der Waals surface area contributed by atoms with Crippen molar-refractivity contribution in [3.05, 3.63) is 124 Å². The zero-order chi connectivity index (χ0) is 29.4. The van der Waals surface area contributed by atoms with E-state index in [1.807, 2.05) is 72.8 Å². The van der Waals surface area contributed by atoms with Gasteiger partial charge in [0.15, 0.2) is 5.11 Å². The highest BCUT2D eigenvalue weighted by atomic mass is 35.5. The van der Waals surface area contributed by atoms with Crippen LogP contribution in [0.5, 0.6) is 0 Å². The third-order valence-corrected chi connectivity index (χ3v) is 8.67. The van der Waals surface area contributed by atoms with Crippen LogP contribution in [0.1, 0.15) is 41.1 Å². The number of pyridine rings is 1. The maximum atomic E-state index is 13.2. The van der Waals surface area contributed by atoms with E-state index in [0.717, 1.165) is 44.8 Å². The van der Waals surface area contributed by atoms with Crippen LogP contribution in [-0.2, 0) is 4.79 Å². The predicted octanol–water partition coefficient (Wildman–Crippen LogP) is 7.95. The maximum Gasteiger partial charge on any atom is 0.226 e. The second kappa shape index (κ2) is 11.8. The Morgan fingerprint density at radius 2 is 1.79 bits per heavy atom. The van der Waals surface area contributed by atoms with Crippen molar-refractivity contribution in [3.63, 3.8) is 0 Å². The van der Waals surface area contributed by atoms with Gasteiger partial charge in [-0.3, -0.25) is 9.78 Å². The van der Waals surface area contributed by atoms with Gasteiger partial charge in [0, 0.05) is 46.6 Å². The van der Waals surface area contributed by atoms with E-state index in [-0.39, 0.29) is 24.4 Å². The first-order valence-electron chi connectivity index (χ1n) is 13.7. The van der Waals surface area contributed by atoms with Crippen molar-refractivity contribution in [2.24, 2.45) is 0 Å². The van der Waals surface area contributed by atoms with Gasteiger partial charge in [-0.15, -0.1) is 0 Å². The lowest BCUT2D eigenvalue weighted by molar-refractivity contribution is -0.116. The SMILES string of the molecule is Cc1cc(C2C(c3ccccn3)NC(=S)N2CCC(=O)Nc2cccc3ccccc23)c(C)n1-c1ccc(Cl)cc1Cl. The molecule has 42 heavy (non-hydrogen) atoms. The van der Waals surface area contributed by atoms with Crippen molar-refractivity contribution >= 4 is 62.9 Å². The number of nitrogens with one attached hydrogen (secondary N) is 2. The molecule has 1 amide bonds. The van der Waals surface area contributed by atoms with Gasteiger partial charge in [-0.25, -0.2) is 0 Å². The number of halogens is 2. The molecule has 6 rings (SSSR count). The zero-order valence-corrected chi connectivity index (χ0v) is 25.5. The maximum absolute atomic E-state index is 13.2. The average molecular weight is 615 g/mol. The Balaban J connectivity index is 1.32. The fraction of sp³-hybridized carbons (Fsp3) is 0.182. The number of carbonyl (C=O) groups is 1. The molecule has 0 saturated carbocycles. The second-order valence-electron chi connectivity index (χ2n) is 10.4. The summed E-state index contributed by atoms with van der Waals surface area (Å²) in [5.41, 5.74) is 5.66. The van der Waals surface area contributed by atoms with Crippen LogP contribution in [-0.4, -0.2) is 32.0 Å². The fourth-order valence-corrected chi connectivity index (χ4v) is 6.70. The van der Waals surface area contributed by atoms with Gasteiger partial charge >= 0.3 is 0 Å². The summed E-state index contributed by atoms with van der Waals surface area (Å²) in [5, 5.41) is 10.4. The molecule has 1 aliphatic heterocycles. The Bertz CT molecular complexity index is 1800. The summed E-state index contributed by atoms with van der Waals surface area (Å²) in [6.07, 6.45) is 2.05. The van der Waals surface area contributed by atoms with Crippen molar-refractivity contribution in [1.82, 2.24) is 19.8 Å². The first-order chi connectivity index (χ1) is 20.3. The summed E-state index contributed by atoms with van der Waals surface area (Å²) in [5.74, 6) is -0.0763. The lowest BCUT2D eigenvalue weighted by atomic mass is 9.96. The molecule has 2 N–H and O–H groups in total. The molecule has 0 radical (unpaired) electrons. The quantitative estimate of drug-likeness (QED) is 0.182. The van der Waals surface area contributed by atoms with Crippen LogP contribution in [0, 0.1) is 13.8 Å². The first-order valence-corrected chi connectivity index (χ1v) is 14.9. The van der Waals surface area contributed by atoms with E-state index in [2.05, 4.69) is 45.0 Å². The number of benzene rings is 3. The molecule has 2 atom stereocenters. The molecule has 2 unspecified atom stereocenters. The van der Waals surface area contributed by atoms with Crippen LogP contribution in [0.25, 0.3) is 16.5 Å². The van der Waals surface area contributed by atoms with Gasteiger partial charge in [0.25, 0.3) is 0 Å². The number of aryl methyl sites for hydroxylation is 1. The lowest BCUT2D eigenvalue weighted by Gasteiger charge is -2.28. The minimum Gasteiger partial charge on any atom is -0.352 e. The number of amides is 1. The van der Waals surface area contributed by atoms with E-state index in [9.17, 15) is 4.79 Å². The van der Waals surface area contributed by atoms with Gasteiger partial charge in [0.05, 0.1) is 28.5 Å². The van der Waals surface area contributed by atoms with Crippen LogP contribution in [0.4, 0.5) is 5.69 Å². The minimum absolute atomic E-state index is 0.0763. The smallest absolute Gasteiger partial charge is 0.226 e. The highest BCUT2D eigenvalue weighted by molar-refractivity contribution is 7.80. The van der Waals surface area contributed by atoms with E-state index in [1.165, 1.54) is 0 Å². The summed E-state index contributed by atoms with van der Waals surface area (Å²) in [6, 6.07) is 27.1. The van der Waals surface area contributed by atoms with E-state index in [4.69, 9.17) is 35.4 Å². The molecule has 6 nitrogen and oxygen atoms in total. The Morgan fingerprint density at radius 3 is 2.57 bits per heavy atom. The predicted molar refractivity (Wildman–Crippen MR) is 175 cm³/mol. The molecular formula is C33H29Cl2N5OS. The third-order valence-electron chi connectivity index (χ3n) is 7.78. The number of aromatic nitrogens is 2. The number of thiocarbonyl (C=S) groups is 1. The fourth-order valence-electron chi connectivity index (χ4n) is 5.87. The van der Waals surface area contributed by atoms with Crippen molar-refractivity contribution in [1.29, 1.82) is 0 Å². The topological polar surface area (TPSA) is 62.2 Å². The number of hydrogen-bond donors (Lipinski definition) is 2. The van der Waals surface area contributed by atoms with Crippen molar-refractivity contribution in [2.45, 2.75) is 32.4 Å². The number of hydrogen-bond acceptors (Lipinski definition) is 3. The molecule has 0 aliphatic carbocycles. The third kappa shape index (κ3) is 5.36. The van der Waals surface area contributed by atoms with E-state index < -0.39 is 0 Å². The minimum atomic E-state index is -0.200. The van der Waals surface area contributed by atoms with Gasteiger partial charge in [-0.2, -0.15) is 0 Å². The van der Waals surface area contributed by atoms with Gasteiger partial charge in [-0.05, 0) is 79.5 Å². The summed E-state index contributed by atoms with van der Waals surface area (Å²) in [7, 11) is 0. The molecule has 0 bridgehead atoms. The Hall–Kier alpha value is -3.91. The Kier molecular flexibility index (Phi) is 7.90. The summed E-state index contributed by atoms with van der Waals surface area (Å²) >= 11 is 18.7. The number of fused-ring (bicyclic) bond motifs is 1. The standard InChI is InChI=1S/C33H29Cl2N5OS/c1-20-18-25(21(2)40(20)29-14-13-23(34)19-26(29)35)32-31(28-11-5-6-16-36-28)38-33(42)39(32)17-15-30(41)37-27-12-7-9-22-8-3-4-10-24(22)27/h3-14,16,18-19,31-32H,15,17H2,1-2H3,(H,37,41)(H,38,42). The summed E-state index contributed by atoms with van der Waals surface area (Å²) in [6.45, 7) is 4.57. The van der Waals surface area contributed by atoms with Crippen LogP contribution in [0.15, 0.2) is 91.1 Å². The van der Waals surface area contributed by atoms with E-state index in [0.29, 0.717) is 21.7 Å². The van der Waals surface area contributed by atoms with E-state index in [1.54, 1.807) is 12.3 Å². The Labute approximate surface area is 260 Å². The number of rotatable bonds is 7. The first kappa shape index (κ1) is 28.2. The molecule has 5 aromatic rings. The number of carbonyl (C=O) groups excluding carboxylic acids is 1. The van der Waals surface area contributed by atoms with Crippen LogP contribution in [0.3, 0.4) is 0 Å². The molecule has 3 heterocycles. The molecule has 2 aromatic heterocycles. The van der Waals surface area contributed by atoms with Gasteiger partial charge in [-0.1, -0.05) is 65.7 Å². The molecule has 1 fully saturated rings.